The number of nitrogen functional groups attached to an aromatic ring is 2. The van der Waals surface area contributed by atoms with Gasteiger partial charge in [0.25, 0.3) is 0 Å². The molecule has 2 aliphatic heterocycles. The summed E-state index contributed by atoms with van der Waals surface area (Å²) in [5.74, 6) is 5.10. The Hall–Kier alpha value is -4.48. The lowest BCUT2D eigenvalue weighted by Gasteiger charge is -2.25. The van der Waals surface area contributed by atoms with Gasteiger partial charge >= 0.3 is 12.2 Å². The van der Waals surface area contributed by atoms with Crippen LogP contribution >= 0.6 is 0 Å². The Balaban J connectivity index is 0.000000168. The smallest absolute Gasteiger partial charge is 0.312 e. The van der Waals surface area contributed by atoms with E-state index >= 15 is 0 Å². The van der Waals surface area contributed by atoms with Crippen LogP contribution in [0, 0.1) is 42.8 Å². The molecule has 0 saturated carbocycles. The minimum Gasteiger partial charge on any atom is -0.392 e. The fourth-order valence-electron chi connectivity index (χ4n) is 5.26. The molecule has 0 radical (unpaired) electrons. The molecule has 0 bridgehead atoms. The lowest BCUT2D eigenvalue weighted by atomic mass is 9.87. The largest absolute Gasteiger partial charge is 0.392 e. The normalized spacial score (nSPS) is 28.9. The van der Waals surface area contributed by atoms with E-state index in [0.717, 1.165) is 0 Å². The number of rotatable bonds is 4. The lowest BCUT2D eigenvalue weighted by Crippen LogP contribution is -2.41. The van der Waals surface area contributed by atoms with E-state index in [9.17, 15) is 19.0 Å². The van der Waals surface area contributed by atoms with Gasteiger partial charge in [0.05, 0.1) is 19.3 Å². The molecule has 0 amide bonds. The Labute approximate surface area is 238 Å². The van der Waals surface area contributed by atoms with Gasteiger partial charge in [-0.3, -0.25) is 9.13 Å². The fraction of sp³-hybridized carbons (Fsp3) is 0.462. The van der Waals surface area contributed by atoms with Crippen molar-refractivity contribution >= 4 is 34.0 Å². The van der Waals surface area contributed by atoms with Gasteiger partial charge in [-0.15, -0.1) is 12.8 Å². The minimum absolute atomic E-state index is 0.0148. The average Bonchev–Trinajstić information content (AvgIpc) is 3.72. The van der Waals surface area contributed by atoms with Crippen molar-refractivity contribution in [1.29, 1.82) is 0 Å². The number of hydrogen-bond donors (Lipinski definition) is 4. The van der Waals surface area contributed by atoms with Crippen LogP contribution in [0.3, 0.4) is 0 Å². The Morgan fingerprint density at radius 3 is 1.81 bits per heavy atom. The van der Waals surface area contributed by atoms with Crippen molar-refractivity contribution in [3.8, 4) is 24.7 Å². The van der Waals surface area contributed by atoms with Crippen molar-refractivity contribution in [3.63, 3.8) is 0 Å². The van der Waals surface area contributed by atoms with Crippen molar-refractivity contribution in [1.82, 2.24) is 39.0 Å². The van der Waals surface area contributed by atoms with Crippen LogP contribution in [0.1, 0.15) is 45.6 Å². The van der Waals surface area contributed by atoms with Gasteiger partial charge in [-0.2, -0.15) is 28.7 Å². The predicted molar refractivity (Wildman–Crippen MR) is 145 cm³/mol. The summed E-state index contributed by atoms with van der Waals surface area (Å²) >= 11 is 0. The van der Waals surface area contributed by atoms with E-state index in [1.165, 1.54) is 17.2 Å². The zero-order valence-corrected chi connectivity index (χ0v) is 22.6. The van der Waals surface area contributed by atoms with E-state index in [0.29, 0.717) is 24.0 Å². The van der Waals surface area contributed by atoms with Crippen LogP contribution in [0.5, 0.6) is 0 Å². The maximum atomic E-state index is 13.4. The average molecular weight is 583 g/mol. The van der Waals surface area contributed by atoms with Gasteiger partial charge in [0.2, 0.25) is 0 Å². The van der Waals surface area contributed by atoms with Crippen LogP contribution in [-0.2, 0) is 9.47 Å². The van der Waals surface area contributed by atoms with Gasteiger partial charge in [0, 0.05) is 12.3 Å². The van der Waals surface area contributed by atoms with Crippen LogP contribution in [-0.4, -0.2) is 73.2 Å². The third-order valence-corrected chi connectivity index (χ3v) is 7.72. The highest BCUT2D eigenvalue weighted by Crippen LogP contribution is 2.43. The number of anilines is 2. The molecule has 220 valence electrons. The monoisotopic (exact) mass is 582 g/mol. The number of aliphatic hydroxyl groups excluding tert-OH is 2. The highest BCUT2D eigenvalue weighted by molar-refractivity contribution is 5.82. The number of fused-ring (bicyclic) bond motifs is 2. The molecule has 0 unspecified atom stereocenters. The highest BCUT2D eigenvalue weighted by atomic mass is 19.1. The first kappa shape index (κ1) is 29.0. The Kier molecular flexibility index (Phi) is 7.42. The van der Waals surface area contributed by atoms with E-state index in [1.807, 2.05) is 13.8 Å². The quantitative estimate of drug-likeness (QED) is 0.198. The molecule has 4 aromatic rings. The molecule has 14 nitrogen and oxygen atoms in total. The standard InChI is InChI=1S/C14H16FN5O.C12H12FN5O3/c1-4-14(5-2)8(3)6-9(21-14)20-7-17-10-11(16)18-13(15)19-12(10)20;1-2-12(4-19)6(20)3-7(21-12)18-5-15-8-9(14)16-11(13)17-10(8)18/h1,7-9H,5-6H2,2-3H3,(H2,16,18,19);1,5-7,19-20H,3-4H2,(H2,14,16,17)/t8-,9+,14+;6-,7+,12+/m00/s1. The number of aromatic nitrogens is 8. The van der Waals surface area contributed by atoms with E-state index in [-0.39, 0.29) is 41.4 Å². The van der Waals surface area contributed by atoms with Crippen molar-refractivity contribution in [2.24, 2.45) is 5.92 Å². The summed E-state index contributed by atoms with van der Waals surface area (Å²) in [5.41, 5.74) is 10.2. The second-order valence-electron chi connectivity index (χ2n) is 10.0. The van der Waals surface area contributed by atoms with Crippen LogP contribution < -0.4 is 11.5 Å². The highest BCUT2D eigenvalue weighted by Gasteiger charge is 2.48. The molecule has 6 atom stereocenters. The molecule has 16 heteroatoms. The molecule has 0 aliphatic carbocycles. The first-order valence-electron chi connectivity index (χ1n) is 12.9. The number of hydrogen-bond acceptors (Lipinski definition) is 12. The Morgan fingerprint density at radius 1 is 0.929 bits per heavy atom. The molecule has 4 aromatic heterocycles. The third-order valence-electron chi connectivity index (χ3n) is 7.72. The van der Waals surface area contributed by atoms with Crippen LogP contribution in [0.15, 0.2) is 12.7 Å². The summed E-state index contributed by atoms with van der Waals surface area (Å²) in [4.78, 5) is 22.4. The molecule has 6 N–H and O–H groups in total. The number of imidazole rings is 2. The number of aliphatic hydroxyl groups is 2. The molecular weight excluding hydrogens is 554 g/mol. The second kappa shape index (κ2) is 10.7. The molecule has 42 heavy (non-hydrogen) atoms. The molecule has 6 rings (SSSR count). The zero-order valence-electron chi connectivity index (χ0n) is 22.6. The SMILES string of the molecule is C#C[C@]1(CC)O[C@@H](n2cnc3c(N)nc(F)nc32)C[C@@H]1C.C#C[C@]1(CO)O[C@@H](n2cnc3c(N)nc(F)nc32)C[C@@H]1O. The van der Waals surface area contributed by atoms with Gasteiger partial charge in [0.15, 0.2) is 39.6 Å². The molecule has 0 aromatic carbocycles. The third kappa shape index (κ3) is 4.64. The Morgan fingerprint density at radius 2 is 1.40 bits per heavy atom. The van der Waals surface area contributed by atoms with Crippen LogP contribution in [0.2, 0.25) is 0 Å². The van der Waals surface area contributed by atoms with E-state index in [2.05, 4.69) is 41.7 Å². The summed E-state index contributed by atoms with van der Waals surface area (Å²) in [6.07, 6.45) is 11.3. The molecule has 0 spiro atoms. The Bertz CT molecular complexity index is 1610. The molecular formula is C26H28F2N10O4. The fourth-order valence-corrected chi connectivity index (χ4v) is 5.26. The lowest BCUT2D eigenvalue weighted by molar-refractivity contribution is -0.0891. The van der Waals surface area contributed by atoms with E-state index in [4.69, 9.17) is 33.8 Å². The first-order valence-corrected chi connectivity index (χ1v) is 12.9. The van der Waals surface area contributed by atoms with Crippen LogP contribution in [0.4, 0.5) is 20.4 Å². The van der Waals surface area contributed by atoms with E-state index in [1.54, 1.807) is 4.57 Å². The van der Waals surface area contributed by atoms with Crippen molar-refractivity contribution in [2.45, 2.75) is 62.9 Å². The summed E-state index contributed by atoms with van der Waals surface area (Å²) in [7, 11) is 0. The van der Waals surface area contributed by atoms with Crippen LogP contribution in [0.25, 0.3) is 22.3 Å². The topological polar surface area (TPSA) is 198 Å². The number of terminal acetylenes is 2. The summed E-state index contributed by atoms with van der Waals surface area (Å²) < 4.78 is 41.4. The van der Waals surface area contributed by atoms with Gasteiger partial charge < -0.3 is 31.2 Å². The van der Waals surface area contributed by atoms with Gasteiger partial charge in [-0.25, -0.2) is 9.97 Å². The molecule has 2 saturated heterocycles. The number of halogens is 2. The summed E-state index contributed by atoms with van der Waals surface area (Å²) in [6.45, 7) is 3.50. The van der Waals surface area contributed by atoms with Gasteiger partial charge in [0.1, 0.15) is 24.2 Å². The number of nitrogens with two attached hydrogens (primary N) is 2. The zero-order chi connectivity index (χ0) is 30.4. The minimum atomic E-state index is -1.50. The van der Waals surface area contributed by atoms with Crippen molar-refractivity contribution in [3.05, 3.63) is 24.8 Å². The van der Waals surface area contributed by atoms with Crippen molar-refractivity contribution in [2.75, 3.05) is 18.1 Å². The summed E-state index contributed by atoms with van der Waals surface area (Å²) in [6, 6.07) is 0. The molecule has 6 heterocycles. The number of ether oxygens (including phenoxy) is 2. The van der Waals surface area contributed by atoms with E-state index < -0.39 is 42.3 Å². The molecule has 2 aliphatic rings. The summed E-state index contributed by atoms with van der Waals surface area (Å²) in [5, 5.41) is 19.3. The molecule has 2 fully saturated rings. The maximum absolute atomic E-state index is 13.4. The first-order chi connectivity index (χ1) is 20.0. The predicted octanol–water partition coefficient (Wildman–Crippen LogP) is 1.08. The number of nitrogens with zero attached hydrogens (tertiary/aromatic N) is 8. The second-order valence-corrected chi connectivity index (χ2v) is 10.0. The van der Waals surface area contributed by atoms with Gasteiger partial charge in [-0.1, -0.05) is 25.7 Å². The van der Waals surface area contributed by atoms with Crippen molar-refractivity contribution < 1.29 is 28.5 Å². The van der Waals surface area contributed by atoms with Gasteiger partial charge in [-0.05, 0) is 12.8 Å². The maximum Gasteiger partial charge on any atom is 0.312 e.